The topological polar surface area (TPSA) is 16.1 Å². The lowest BCUT2D eigenvalue weighted by Crippen LogP contribution is -2.23. The molecular weight excluding hydrogens is 262 g/mol. The van der Waals surface area contributed by atoms with Crippen LogP contribution in [0.15, 0.2) is 18.3 Å². The highest BCUT2D eigenvalue weighted by molar-refractivity contribution is 6.30. The van der Waals surface area contributed by atoms with Gasteiger partial charge in [0.1, 0.15) is 6.17 Å². The van der Waals surface area contributed by atoms with Crippen LogP contribution in [0.4, 0.5) is 4.39 Å². The first-order valence-electron chi connectivity index (χ1n) is 5.77. The summed E-state index contributed by atoms with van der Waals surface area (Å²) >= 11 is 12.1. The largest absolute Gasteiger partial charge is 0.300 e. The van der Waals surface area contributed by atoms with Crippen molar-refractivity contribution in [1.82, 2.24) is 9.88 Å². The average Bonchev–Trinajstić information content (AvgIpc) is 2.72. The van der Waals surface area contributed by atoms with E-state index in [2.05, 4.69) is 9.88 Å². The van der Waals surface area contributed by atoms with Crippen molar-refractivity contribution in [3.63, 3.8) is 0 Å². The van der Waals surface area contributed by atoms with Gasteiger partial charge in [0, 0.05) is 30.9 Å². The lowest BCUT2D eigenvalue weighted by Gasteiger charge is -2.16. The molecule has 2 nitrogen and oxygen atoms in total. The minimum atomic E-state index is -0.673. The van der Waals surface area contributed by atoms with Crippen LogP contribution in [0.25, 0.3) is 0 Å². The van der Waals surface area contributed by atoms with Crippen LogP contribution in [-0.4, -0.2) is 35.7 Å². The maximum atomic E-state index is 13.0. The highest BCUT2D eigenvalue weighted by atomic mass is 35.5. The first-order chi connectivity index (χ1) is 8.15. The van der Waals surface area contributed by atoms with Crippen LogP contribution in [-0.2, 0) is 0 Å². The van der Waals surface area contributed by atoms with E-state index < -0.39 is 6.17 Å². The van der Waals surface area contributed by atoms with Gasteiger partial charge < -0.3 is 4.90 Å². The van der Waals surface area contributed by atoms with Gasteiger partial charge in [-0.15, -0.1) is 11.6 Å². The molecule has 2 atom stereocenters. The lowest BCUT2D eigenvalue weighted by molar-refractivity contribution is 0.284. The molecule has 1 aromatic rings. The SMILES string of the molecule is F[C@@H]1CCN(CCC(Cl)c2cc(Cl)ccn2)C1. The second kappa shape index (κ2) is 5.98. The van der Waals surface area contributed by atoms with Gasteiger partial charge >= 0.3 is 0 Å². The van der Waals surface area contributed by atoms with E-state index in [1.54, 1.807) is 18.3 Å². The first-order valence-corrected chi connectivity index (χ1v) is 6.58. The van der Waals surface area contributed by atoms with Crippen molar-refractivity contribution < 1.29 is 4.39 Å². The zero-order chi connectivity index (χ0) is 12.3. The van der Waals surface area contributed by atoms with Crippen molar-refractivity contribution in [2.24, 2.45) is 0 Å². The Hall–Kier alpha value is -0.380. The van der Waals surface area contributed by atoms with Crippen LogP contribution in [0.1, 0.15) is 23.9 Å². The van der Waals surface area contributed by atoms with Crippen LogP contribution in [0.5, 0.6) is 0 Å². The van der Waals surface area contributed by atoms with Crippen molar-refractivity contribution in [3.8, 4) is 0 Å². The molecule has 0 saturated carbocycles. The standard InChI is InChI=1S/C12H15Cl2FN2/c13-9-1-4-16-12(7-9)11(14)3-6-17-5-2-10(15)8-17/h1,4,7,10-11H,2-3,5-6,8H2/t10-,11?/m1/s1. The van der Waals surface area contributed by atoms with Gasteiger partial charge in [-0.3, -0.25) is 4.98 Å². The summed E-state index contributed by atoms with van der Waals surface area (Å²) in [7, 11) is 0. The summed E-state index contributed by atoms with van der Waals surface area (Å²) in [6.07, 6.45) is 2.39. The van der Waals surface area contributed by atoms with Crippen molar-refractivity contribution in [3.05, 3.63) is 29.0 Å². The van der Waals surface area contributed by atoms with E-state index in [9.17, 15) is 4.39 Å². The molecule has 0 N–H and O–H groups in total. The van der Waals surface area contributed by atoms with Gasteiger partial charge in [-0.05, 0) is 25.0 Å². The fourth-order valence-corrected chi connectivity index (χ4v) is 2.41. The van der Waals surface area contributed by atoms with E-state index in [1.807, 2.05) is 0 Å². The number of nitrogens with zero attached hydrogens (tertiary/aromatic N) is 2. The van der Waals surface area contributed by atoms with E-state index >= 15 is 0 Å². The summed E-state index contributed by atoms with van der Waals surface area (Å²) < 4.78 is 13.0. The van der Waals surface area contributed by atoms with Gasteiger partial charge in [0.05, 0.1) is 11.1 Å². The predicted octanol–water partition coefficient (Wildman–Crippen LogP) is 3.45. The van der Waals surface area contributed by atoms with E-state index in [0.29, 0.717) is 18.0 Å². The number of alkyl halides is 2. The third-order valence-corrected chi connectivity index (χ3v) is 3.65. The maximum Gasteiger partial charge on any atom is 0.114 e. The molecule has 0 radical (unpaired) electrons. The summed E-state index contributed by atoms with van der Waals surface area (Å²) in [6, 6.07) is 3.50. The number of pyridine rings is 1. The fourth-order valence-electron chi connectivity index (χ4n) is 2.02. The molecular formula is C12H15Cl2FN2. The molecule has 1 aliphatic rings. The van der Waals surface area contributed by atoms with E-state index in [0.717, 1.165) is 25.2 Å². The summed E-state index contributed by atoms with van der Waals surface area (Å²) in [5, 5.41) is 0.484. The molecule has 1 aliphatic heterocycles. The monoisotopic (exact) mass is 276 g/mol. The van der Waals surface area contributed by atoms with Crippen molar-refractivity contribution >= 4 is 23.2 Å². The van der Waals surface area contributed by atoms with Crippen LogP contribution in [0, 0.1) is 0 Å². The summed E-state index contributed by atoms with van der Waals surface area (Å²) in [6.45, 7) is 2.17. The molecule has 2 heterocycles. The predicted molar refractivity (Wildman–Crippen MR) is 68.4 cm³/mol. The third-order valence-electron chi connectivity index (χ3n) is 2.98. The molecule has 94 valence electrons. The third kappa shape index (κ3) is 3.80. The second-order valence-electron chi connectivity index (χ2n) is 4.34. The Morgan fingerprint density at radius 1 is 1.59 bits per heavy atom. The number of aromatic nitrogens is 1. The number of rotatable bonds is 4. The minimum Gasteiger partial charge on any atom is -0.300 e. The maximum absolute atomic E-state index is 13.0. The molecule has 17 heavy (non-hydrogen) atoms. The van der Waals surface area contributed by atoms with Crippen molar-refractivity contribution in [1.29, 1.82) is 0 Å². The van der Waals surface area contributed by atoms with E-state index in [4.69, 9.17) is 23.2 Å². The quantitative estimate of drug-likeness (QED) is 0.784. The zero-order valence-electron chi connectivity index (χ0n) is 9.45. The number of halogens is 3. The van der Waals surface area contributed by atoms with Gasteiger partial charge in [0.25, 0.3) is 0 Å². The molecule has 1 aromatic heterocycles. The summed E-state index contributed by atoms with van der Waals surface area (Å²) in [4.78, 5) is 6.29. The molecule has 0 aromatic carbocycles. The molecule has 0 aliphatic carbocycles. The molecule has 5 heteroatoms. The Kier molecular flexibility index (Phi) is 4.60. The smallest absolute Gasteiger partial charge is 0.114 e. The van der Waals surface area contributed by atoms with E-state index in [-0.39, 0.29) is 5.38 Å². The fraction of sp³-hybridized carbons (Fsp3) is 0.583. The van der Waals surface area contributed by atoms with Crippen LogP contribution < -0.4 is 0 Å². The number of likely N-dealkylation sites (tertiary alicyclic amines) is 1. The van der Waals surface area contributed by atoms with Gasteiger partial charge in [-0.2, -0.15) is 0 Å². The van der Waals surface area contributed by atoms with Crippen molar-refractivity contribution in [2.45, 2.75) is 24.4 Å². The molecule has 1 unspecified atom stereocenters. The first kappa shape index (κ1) is 13.1. The highest BCUT2D eigenvalue weighted by Crippen LogP contribution is 2.25. The van der Waals surface area contributed by atoms with E-state index in [1.165, 1.54) is 0 Å². The Labute approximate surface area is 111 Å². The number of hydrogen-bond acceptors (Lipinski definition) is 2. The van der Waals surface area contributed by atoms with Gasteiger partial charge in [-0.25, -0.2) is 4.39 Å². The summed E-state index contributed by atoms with van der Waals surface area (Å²) in [5.41, 5.74) is 0.787. The molecule has 0 spiro atoms. The Balaban J connectivity index is 1.83. The molecule has 0 bridgehead atoms. The molecule has 2 rings (SSSR count). The zero-order valence-corrected chi connectivity index (χ0v) is 11.0. The molecule has 0 amide bonds. The lowest BCUT2D eigenvalue weighted by atomic mass is 10.2. The van der Waals surface area contributed by atoms with Crippen LogP contribution in [0.2, 0.25) is 5.02 Å². The van der Waals surface area contributed by atoms with Crippen LogP contribution in [0.3, 0.4) is 0 Å². The second-order valence-corrected chi connectivity index (χ2v) is 5.30. The molecule has 1 fully saturated rings. The van der Waals surface area contributed by atoms with Gasteiger partial charge in [-0.1, -0.05) is 11.6 Å². The average molecular weight is 277 g/mol. The minimum absolute atomic E-state index is 0.160. The van der Waals surface area contributed by atoms with Gasteiger partial charge in [0.15, 0.2) is 0 Å². The Bertz CT molecular complexity index is 375. The number of hydrogen-bond donors (Lipinski definition) is 0. The highest BCUT2D eigenvalue weighted by Gasteiger charge is 2.22. The summed E-state index contributed by atoms with van der Waals surface area (Å²) in [5.74, 6) is 0. The van der Waals surface area contributed by atoms with Crippen molar-refractivity contribution in [2.75, 3.05) is 19.6 Å². The Morgan fingerprint density at radius 3 is 3.06 bits per heavy atom. The van der Waals surface area contributed by atoms with Gasteiger partial charge in [0.2, 0.25) is 0 Å². The van der Waals surface area contributed by atoms with Crippen LogP contribution >= 0.6 is 23.2 Å². The Morgan fingerprint density at radius 2 is 2.41 bits per heavy atom. The normalized spacial score (nSPS) is 22.9. The molecule has 1 saturated heterocycles.